The Hall–Kier alpha value is -4.33. The zero-order valence-electron chi connectivity index (χ0n) is 34.4. The summed E-state index contributed by atoms with van der Waals surface area (Å²) in [5.74, 6) is -2.32. The molecule has 2 amide bonds. The number of hydrogen-bond acceptors (Lipinski definition) is 14. The monoisotopic (exact) mass is 806 g/mol. The fourth-order valence-electron chi connectivity index (χ4n) is 6.21. The largest absolute Gasteiger partial charge is 0.462 e. The van der Waals surface area contributed by atoms with Crippen molar-refractivity contribution in [1.82, 2.24) is 30.4 Å². The van der Waals surface area contributed by atoms with Crippen LogP contribution in [-0.2, 0) is 46.1 Å². The molecular weight excluding hydrogens is 744 g/mol. The molecule has 6 N–H and O–H groups in total. The lowest BCUT2D eigenvalue weighted by atomic mass is 10.1. The van der Waals surface area contributed by atoms with Crippen LogP contribution >= 0.6 is 0 Å². The molecule has 2 saturated heterocycles. The van der Waals surface area contributed by atoms with Crippen molar-refractivity contribution in [3.63, 3.8) is 0 Å². The van der Waals surface area contributed by atoms with Crippen molar-refractivity contribution in [2.75, 3.05) is 92.0 Å². The molecule has 2 aliphatic heterocycles. The van der Waals surface area contributed by atoms with E-state index in [1.54, 1.807) is 54.7 Å². The Morgan fingerprint density at radius 2 is 1.21 bits per heavy atom. The number of H-pyrrole nitrogens is 2. The SMILES string of the molecule is CCOC(=O)c1c(C)c[nH]c1CC(=O)NCC(O)CN1CCOCC1.CCOC(=O)c1c(CC(=O)NCC(O)CN2CCOCC2)[nH]c(C(=O)OC(C)(C)C)c1C. The van der Waals surface area contributed by atoms with E-state index in [0.29, 0.717) is 56.3 Å². The molecule has 2 aliphatic rings. The smallest absolute Gasteiger partial charge is 0.355 e. The number of aryl methyl sites for hydroxylation is 1. The van der Waals surface area contributed by atoms with Crippen LogP contribution in [0.15, 0.2) is 6.20 Å². The average molecular weight is 807 g/mol. The molecule has 0 bridgehead atoms. The summed E-state index contributed by atoms with van der Waals surface area (Å²) in [4.78, 5) is 71.7. The number of rotatable bonds is 17. The van der Waals surface area contributed by atoms with Crippen LogP contribution < -0.4 is 10.6 Å². The van der Waals surface area contributed by atoms with Crippen molar-refractivity contribution in [3.8, 4) is 0 Å². The highest BCUT2D eigenvalue weighted by molar-refractivity contribution is 6.00. The van der Waals surface area contributed by atoms with Gasteiger partial charge in [0, 0.05) is 69.9 Å². The molecule has 320 valence electrons. The van der Waals surface area contributed by atoms with Crippen LogP contribution in [0, 0.1) is 13.8 Å². The molecule has 4 rings (SSSR count). The van der Waals surface area contributed by atoms with Gasteiger partial charge in [0.2, 0.25) is 11.8 Å². The maximum absolute atomic E-state index is 12.6. The highest BCUT2D eigenvalue weighted by Crippen LogP contribution is 2.23. The molecule has 2 unspecified atom stereocenters. The second kappa shape index (κ2) is 23.2. The molecule has 2 aromatic heterocycles. The quantitative estimate of drug-likeness (QED) is 0.0953. The van der Waals surface area contributed by atoms with E-state index in [1.807, 2.05) is 0 Å². The lowest BCUT2D eigenvalue weighted by Gasteiger charge is -2.28. The Morgan fingerprint density at radius 3 is 1.67 bits per heavy atom. The summed E-state index contributed by atoms with van der Waals surface area (Å²) in [7, 11) is 0. The van der Waals surface area contributed by atoms with E-state index in [1.165, 1.54) is 0 Å². The molecule has 2 fully saturated rings. The number of ether oxygens (including phenoxy) is 5. The molecule has 57 heavy (non-hydrogen) atoms. The van der Waals surface area contributed by atoms with Gasteiger partial charge in [-0.25, -0.2) is 14.4 Å². The van der Waals surface area contributed by atoms with Crippen molar-refractivity contribution in [1.29, 1.82) is 0 Å². The molecule has 4 heterocycles. The number of aliphatic hydroxyl groups excluding tert-OH is 2. The third kappa shape index (κ3) is 15.9. The fraction of sp³-hybridized carbons (Fsp3) is 0.667. The van der Waals surface area contributed by atoms with Gasteiger partial charge in [0.15, 0.2) is 0 Å². The van der Waals surface area contributed by atoms with Gasteiger partial charge in [0.1, 0.15) is 11.3 Å². The van der Waals surface area contributed by atoms with E-state index in [0.717, 1.165) is 31.7 Å². The maximum atomic E-state index is 12.6. The van der Waals surface area contributed by atoms with Crippen LogP contribution in [0.3, 0.4) is 0 Å². The van der Waals surface area contributed by atoms with E-state index in [9.17, 15) is 34.2 Å². The molecule has 0 saturated carbocycles. The number of carbonyl (C=O) groups is 5. The van der Waals surface area contributed by atoms with E-state index >= 15 is 0 Å². The van der Waals surface area contributed by atoms with Crippen molar-refractivity contribution < 1.29 is 57.9 Å². The second-order valence-electron chi connectivity index (χ2n) is 14.8. The van der Waals surface area contributed by atoms with E-state index < -0.39 is 41.6 Å². The minimum absolute atomic E-state index is 0.0340. The minimum Gasteiger partial charge on any atom is -0.462 e. The highest BCUT2D eigenvalue weighted by Gasteiger charge is 2.29. The van der Waals surface area contributed by atoms with Crippen LogP contribution in [0.4, 0.5) is 0 Å². The number of morpholine rings is 2. The summed E-state index contributed by atoms with van der Waals surface area (Å²) in [5, 5.41) is 25.7. The van der Waals surface area contributed by atoms with Crippen LogP contribution in [0.2, 0.25) is 0 Å². The highest BCUT2D eigenvalue weighted by atomic mass is 16.6. The Kier molecular flexibility index (Phi) is 19.1. The number of hydrogen-bond donors (Lipinski definition) is 6. The summed E-state index contributed by atoms with van der Waals surface area (Å²) < 4.78 is 26.1. The van der Waals surface area contributed by atoms with Crippen molar-refractivity contribution >= 4 is 29.7 Å². The van der Waals surface area contributed by atoms with Gasteiger partial charge in [-0.15, -0.1) is 0 Å². The van der Waals surface area contributed by atoms with Crippen LogP contribution in [-0.4, -0.2) is 170 Å². The standard InChI is InChI=1S/C22H35N3O7.C17H27N3O5/c1-6-31-20(28)18-14(2)19(21(29)32-22(3,4)5)24-16(18)11-17(27)23-12-15(26)13-25-7-9-30-10-8-25;1-3-25-17(23)16-12(2)9-18-14(16)8-15(22)19-10-13(21)11-20-4-6-24-7-5-20/h15,24,26H,6-13H2,1-5H3,(H,23,27);9,13,18,21H,3-8,10-11H2,1-2H3,(H,19,22). The average Bonchev–Trinajstić information content (AvgIpc) is 3.68. The Morgan fingerprint density at radius 1 is 0.754 bits per heavy atom. The first-order valence-corrected chi connectivity index (χ1v) is 19.5. The number of nitrogens with one attached hydrogen (secondary N) is 4. The third-order valence-corrected chi connectivity index (χ3v) is 8.94. The minimum atomic E-state index is -0.732. The molecular formula is C39H62N6O12. The Labute approximate surface area is 334 Å². The summed E-state index contributed by atoms with van der Waals surface area (Å²) >= 11 is 0. The van der Waals surface area contributed by atoms with Crippen molar-refractivity contribution in [2.45, 2.75) is 79.1 Å². The molecule has 0 spiro atoms. The first-order chi connectivity index (χ1) is 27.0. The van der Waals surface area contributed by atoms with E-state index in [4.69, 9.17) is 23.7 Å². The van der Waals surface area contributed by atoms with Crippen LogP contribution in [0.25, 0.3) is 0 Å². The van der Waals surface area contributed by atoms with Crippen LogP contribution in [0.1, 0.15) is 88.3 Å². The number of aliphatic hydroxyl groups is 2. The number of esters is 3. The van der Waals surface area contributed by atoms with E-state index in [-0.39, 0.29) is 62.0 Å². The molecule has 0 aromatic carbocycles. The second-order valence-corrected chi connectivity index (χ2v) is 14.8. The molecule has 0 radical (unpaired) electrons. The van der Waals surface area contributed by atoms with E-state index in [2.05, 4.69) is 30.4 Å². The predicted octanol–water partition coefficient (Wildman–Crippen LogP) is 0.659. The zero-order chi connectivity index (χ0) is 42.1. The van der Waals surface area contributed by atoms with Gasteiger partial charge in [0.25, 0.3) is 0 Å². The molecule has 2 aromatic rings. The summed E-state index contributed by atoms with van der Waals surface area (Å²) in [6, 6.07) is 0. The number of aromatic amines is 2. The Bertz CT molecular complexity index is 1620. The molecule has 2 atom stereocenters. The predicted molar refractivity (Wildman–Crippen MR) is 208 cm³/mol. The lowest BCUT2D eigenvalue weighted by molar-refractivity contribution is -0.121. The van der Waals surface area contributed by atoms with Gasteiger partial charge in [0.05, 0.1) is 75.8 Å². The maximum Gasteiger partial charge on any atom is 0.355 e. The van der Waals surface area contributed by atoms with Crippen molar-refractivity contribution in [2.24, 2.45) is 0 Å². The first-order valence-electron chi connectivity index (χ1n) is 19.5. The summed E-state index contributed by atoms with van der Waals surface area (Å²) in [6.45, 7) is 19.3. The molecule has 18 heteroatoms. The number of amides is 2. The van der Waals surface area contributed by atoms with Gasteiger partial charge in [-0.1, -0.05) is 0 Å². The van der Waals surface area contributed by atoms with Gasteiger partial charge in [-0.3, -0.25) is 19.4 Å². The lowest BCUT2D eigenvalue weighted by Crippen LogP contribution is -2.44. The number of aromatic nitrogens is 2. The first kappa shape index (κ1) is 47.0. The van der Waals surface area contributed by atoms with Gasteiger partial charge in [-0.05, 0) is 59.6 Å². The Balaban J connectivity index is 0.000000315. The molecule has 18 nitrogen and oxygen atoms in total. The normalized spacial score (nSPS) is 16.1. The summed E-state index contributed by atoms with van der Waals surface area (Å²) in [5.41, 5.74) is 1.85. The van der Waals surface area contributed by atoms with Gasteiger partial charge < -0.3 is 54.5 Å². The number of carbonyl (C=O) groups excluding carboxylic acids is 5. The number of nitrogens with zero attached hydrogens (tertiary/aromatic N) is 2. The van der Waals surface area contributed by atoms with Crippen molar-refractivity contribution in [3.05, 3.63) is 45.5 Å². The summed E-state index contributed by atoms with van der Waals surface area (Å²) in [6.07, 6.45) is 0.164. The number of β-amino-alcohol motifs (C(OH)–C–C–N with tert-alkyl or cyclic N) is 2. The fourth-order valence-corrected chi connectivity index (χ4v) is 6.21. The topological polar surface area (TPSA) is 234 Å². The van der Waals surface area contributed by atoms with Crippen LogP contribution in [0.5, 0.6) is 0 Å². The molecule has 0 aliphatic carbocycles. The zero-order valence-corrected chi connectivity index (χ0v) is 34.4. The van der Waals surface area contributed by atoms with Gasteiger partial charge in [-0.2, -0.15) is 0 Å². The third-order valence-electron chi connectivity index (χ3n) is 8.94. The van der Waals surface area contributed by atoms with Gasteiger partial charge >= 0.3 is 17.9 Å².